The number of amides is 1. The number of hydrogen-bond acceptors (Lipinski definition) is 4. The van der Waals surface area contributed by atoms with Crippen molar-refractivity contribution < 1.29 is 13.6 Å². The first-order valence-corrected chi connectivity index (χ1v) is 8.87. The van der Waals surface area contributed by atoms with E-state index in [-0.39, 0.29) is 17.5 Å². The first kappa shape index (κ1) is 16.5. The van der Waals surface area contributed by atoms with Gasteiger partial charge in [-0.05, 0) is 48.5 Å². The summed E-state index contributed by atoms with van der Waals surface area (Å²) in [7, 11) is 1.72. The zero-order chi connectivity index (χ0) is 18.1. The molecule has 6 heteroatoms. The Morgan fingerprint density at radius 3 is 2.65 bits per heavy atom. The molecule has 2 heterocycles. The van der Waals surface area contributed by atoms with Crippen LogP contribution in [-0.4, -0.2) is 22.8 Å². The standard InChI is InChI=1S/C20H15FN2O2S/c1-23(12-19-22-15-4-2-3-5-18(15)26-19)20(24)17-11-10-16(25-17)13-6-8-14(21)9-7-13/h2-11H,12H2,1H3. The third-order valence-electron chi connectivity index (χ3n) is 4.00. The molecule has 26 heavy (non-hydrogen) atoms. The normalized spacial score (nSPS) is 11.0. The Kier molecular flexibility index (Phi) is 4.26. The van der Waals surface area contributed by atoms with Crippen LogP contribution in [0.5, 0.6) is 0 Å². The third kappa shape index (κ3) is 3.23. The molecule has 2 aromatic carbocycles. The number of nitrogens with zero attached hydrogens (tertiary/aromatic N) is 2. The number of aromatic nitrogens is 1. The fourth-order valence-electron chi connectivity index (χ4n) is 2.67. The Balaban J connectivity index is 1.50. The summed E-state index contributed by atoms with van der Waals surface area (Å²) in [5.74, 6) is 0.236. The topological polar surface area (TPSA) is 46.3 Å². The Morgan fingerprint density at radius 2 is 1.88 bits per heavy atom. The number of thiazole rings is 1. The minimum atomic E-state index is -0.313. The summed E-state index contributed by atoms with van der Waals surface area (Å²) in [5.41, 5.74) is 1.66. The SMILES string of the molecule is CN(Cc1nc2ccccc2s1)C(=O)c1ccc(-c2ccc(F)cc2)o1. The van der Waals surface area contributed by atoms with E-state index < -0.39 is 0 Å². The quantitative estimate of drug-likeness (QED) is 0.512. The van der Waals surface area contributed by atoms with Gasteiger partial charge >= 0.3 is 0 Å². The molecule has 4 aromatic rings. The highest BCUT2D eigenvalue weighted by atomic mass is 32.1. The van der Waals surface area contributed by atoms with Crippen molar-refractivity contribution in [2.24, 2.45) is 0 Å². The molecule has 130 valence electrons. The van der Waals surface area contributed by atoms with Gasteiger partial charge < -0.3 is 9.32 Å². The highest BCUT2D eigenvalue weighted by Gasteiger charge is 2.18. The molecule has 0 saturated heterocycles. The van der Waals surface area contributed by atoms with E-state index in [0.29, 0.717) is 12.3 Å². The van der Waals surface area contributed by atoms with Gasteiger partial charge in [-0.2, -0.15) is 0 Å². The Hall–Kier alpha value is -2.99. The number of fused-ring (bicyclic) bond motifs is 1. The smallest absolute Gasteiger partial charge is 0.289 e. The highest BCUT2D eigenvalue weighted by molar-refractivity contribution is 7.18. The van der Waals surface area contributed by atoms with E-state index in [9.17, 15) is 9.18 Å². The number of carbonyl (C=O) groups is 1. The molecular weight excluding hydrogens is 351 g/mol. The highest BCUT2D eigenvalue weighted by Crippen LogP contribution is 2.25. The molecule has 4 nitrogen and oxygen atoms in total. The van der Waals surface area contributed by atoms with Crippen LogP contribution in [0.4, 0.5) is 4.39 Å². The maximum Gasteiger partial charge on any atom is 0.289 e. The van der Waals surface area contributed by atoms with Gasteiger partial charge in [0.05, 0.1) is 16.8 Å². The Morgan fingerprint density at radius 1 is 1.12 bits per heavy atom. The minimum absolute atomic E-state index is 0.224. The molecule has 0 spiro atoms. The van der Waals surface area contributed by atoms with Crippen LogP contribution >= 0.6 is 11.3 Å². The maximum atomic E-state index is 13.0. The van der Waals surface area contributed by atoms with Gasteiger partial charge in [-0.25, -0.2) is 9.37 Å². The zero-order valence-electron chi connectivity index (χ0n) is 14.0. The summed E-state index contributed by atoms with van der Waals surface area (Å²) < 4.78 is 19.8. The van der Waals surface area contributed by atoms with Crippen LogP contribution in [0.2, 0.25) is 0 Å². The summed E-state index contributed by atoms with van der Waals surface area (Å²) in [5, 5.41) is 0.868. The van der Waals surface area contributed by atoms with Gasteiger partial charge in [-0.3, -0.25) is 4.79 Å². The molecule has 0 unspecified atom stereocenters. The molecule has 2 aromatic heterocycles. The summed E-state index contributed by atoms with van der Waals surface area (Å²) >= 11 is 1.57. The number of benzene rings is 2. The van der Waals surface area contributed by atoms with Crippen molar-refractivity contribution in [1.82, 2.24) is 9.88 Å². The molecule has 0 N–H and O–H groups in total. The van der Waals surface area contributed by atoms with Crippen LogP contribution in [0.15, 0.2) is 65.1 Å². The third-order valence-corrected chi connectivity index (χ3v) is 5.02. The average Bonchev–Trinajstić information content (AvgIpc) is 3.28. The van der Waals surface area contributed by atoms with Crippen molar-refractivity contribution >= 4 is 27.5 Å². The zero-order valence-corrected chi connectivity index (χ0v) is 14.8. The monoisotopic (exact) mass is 366 g/mol. The van der Waals surface area contributed by atoms with Crippen LogP contribution in [0.25, 0.3) is 21.5 Å². The second kappa shape index (κ2) is 6.72. The van der Waals surface area contributed by atoms with Gasteiger partial charge in [0.15, 0.2) is 5.76 Å². The number of hydrogen-bond donors (Lipinski definition) is 0. The summed E-state index contributed by atoms with van der Waals surface area (Å²) in [6.45, 7) is 0.408. The number of para-hydroxylation sites is 1. The van der Waals surface area contributed by atoms with Gasteiger partial charge in [-0.15, -0.1) is 11.3 Å². The number of rotatable bonds is 4. The molecule has 0 aliphatic carbocycles. The fraction of sp³-hybridized carbons (Fsp3) is 0.100. The lowest BCUT2D eigenvalue weighted by Gasteiger charge is -2.13. The Labute approximate surface area is 153 Å². The molecule has 0 aliphatic heterocycles. The Bertz CT molecular complexity index is 1040. The summed E-state index contributed by atoms with van der Waals surface area (Å²) in [4.78, 5) is 18.7. The average molecular weight is 366 g/mol. The van der Waals surface area contributed by atoms with Crippen LogP contribution < -0.4 is 0 Å². The van der Waals surface area contributed by atoms with E-state index in [1.165, 1.54) is 12.1 Å². The van der Waals surface area contributed by atoms with Gasteiger partial charge in [0, 0.05) is 12.6 Å². The second-order valence-electron chi connectivity index (χ2n) is 5.91. The maximum absolute atomic E-state index is 13.0. The molecule has 0 saturated carbocycles. The molecule has 0 bridgehead atoms. The van der Waals surface area contributed by atoms with Crippen molar-refractivity contribution in [3.8, 4) is 11.3 Å². The van der Waals surface area contributed by atoms with Gasteiger partial charge in [0.25, 0.3) is 5.91 Å². The molecular formula is C20H15FN2O2S. The van der Waals surface area contributed by atoms with E-state index in [4.69, 9.17) is 4.42 Å². The lowest BCUT2D eigenvalue weighted by molar-refractivity contribution is 0.0754. The van der Waals surface area contributed by atoms with Gasteiger partial charge in [0.2, 0.25) is 0 Å². The fourth-order valence-corrected chi connectivity index (χ4v) is 3.69. The first-order chi connectivity index (χ1) is 12.6. The minimum Gasteiger partial charge on any atom is -0.451 e. The lowest BCUT2D eigenvalue weighted by Crippen LogP contribution is -2.25. The lowest BCUT2D eigenvalue weighted by atomic mass is 10.2. The van der Waals surface area contributed by atoms with E-state index in [1.54, 1.807) is 47.5 Å². The van der Waals surface area contributed by atoms with Gasteiger partial charge in [-0.1, -0.05) is 12.1 Å². The van der Waals surface area contributed by atoms with Crippen molar-refractivity contribution in [2.75, 3.05) is 7.05 Å². The molecule has 0 radical (unpaired) electrons. The predicted molar refractivity (Wildman–Crippen MR) is 99.5 cm³/mol. The van der Waals surface area contributed by atoms with Crippen molar-refractivity contribution in [1.29, 1.82) is 0 Å². The van der Waals surface area contributed by atoms with Gasteiger partial charge in [0.1, 0.15) is 16.6 Å². The molecule has 0 atom stereocenters. The number of furan rings is 1. The number of halogens is 1. The molecule has 4 rings (SSSR count). The first-order valence-electron chi connectivity index (χ1n) is 8.06. The van der Waals surface area contributed by atoms with E-state index >= 15 is 0 Å². The van der Waals surface area contributed by atoms with Crippen molar-refractivity contribution in [3.63, 3.8) is 0 Å². The van der Waals surface area contributed by atoms with Crippen LogP contribution in [0.3, 0.4) is 0 Å². The predicted octanol–water partition coefficient (Wildman–Crippen LogP) is 4.97. The van der Waals surface area contributed by atoms with Crippen LogP contribution in [0.1, 0.15) is 15.6 Å². The molecule has 0 fully saturated rings. The molecule has 0 aliphatic rings. The van der Waals surface area contributed by atoms with E-state index in [1.807, 2.05) is 24.3 Å². The molecule has 1 amide bonds. The summed E-state index contributed by atoms with van der Waals surface area (Å²) in [6, 6.07) is 17.2. The second-order valence-corrected chi connectivity index (χ2v) is 7.02. The van der Waals surface area contributed by atoms with Crippen LogP contribution in [0, 0.1) is 5.82 Å². The van der Waals surface area contributed by atoms with Crippen molar-refractivity contribution in [2.45, 2.75) is 6.54 Å². The largest absolute Gasteiger partial charge is 0.451 e. The van der Waals surface area contributed by atoms with E-state index in [2.05, 4.69) is 4.98 Å². The van der Waals surface area contributed by atoms with Crippen LogP contribution in [-0.2, 0) is 6.54 Å². The van der Waals surface area contributed by atoms with Crippen molar-refractivity contribution in [3.05, 3.63) is 77.2 Å². The van der Waals surface area contributed by atoms with E-state index in [0.717, 1.165) is 20.8 Å². The number of carbonyl (C=O) groups excluding carboxylic acids is 1. The summed E-state index contributed by atoms with van der Waals surface area (Å²) in [6.07, 6.45) is 0.